The first-order valence-corrected chi connectivity index (χ1v) is 9.31. The zero-order valence-electron chi connectivity index (χ0n) is 14.8. The number of carbonyl (C=O) groups excluding carboxylic acids is 2. The maximum Gasteiger partial charge on any atom is 0.311 e. The molecule has 1 N–H and O–H groups in total. The fourth-order valence-corrected chi connectivity index (χ4v) is 3.87. The zero-order chi connectivity index (χ0) is 19.4. The van der Waals surface area contributed by atoms with Gasteiger partial charge in [-0.1, -0.05) is 0 Å². The van der Waals surface area contributed by atoms with Crippen LogP contribution in [0.3, 0.4) is 0 Å². The molecular weight excluding hydrogens is 370 g/mol. The molecule has 0 spiro atoms. The molecule has 27 heavy (non-hydrogen) atoms. The third-order valence-corrected chi connectivity index (χ3v) is 5.45. The van der Waals surface area contributed by atoms with Crippen LogP contribution < -0.4 is 10.1 Å². The van der Waals surface area contributed by atoms with E-state index in [0.29, 0.717) is 13.1 Å². The van der Waals surface area contributed by atoms with E-state index in [0.717, 1.165) is 6.42 Å². The van der Waals surface area contributed by atoms with Crippen molar-refractivity contribution in [3.63, 3.8) is 0 Å². The van der Waals surface area contributed by atoms with Crippen molar-refractivity contribution in [3.05, 3.63) is 55.8 Å². The van der Waals surface area contributed by atoms with Crippen LogP contribution in [0.4, 0.5) is 5.69 Å². The average molecular weight is 389 g/mol. The molecule has 1 aliphatic rings. The van der Waals surface area contributed by atoms with Crippen molar-refractivity contribution in [3.8, 4) is 5.75 Å². The van der Waals surface area contributed by atoms with Crippen LogP contribution in [0.2, 0.25) is 0 Å². The average Bonchev–Trinajstić information content (AvgIpc) is 3.14. The first-order valence-electron chi connectivity index (χ1n) is 8.43. The summed E-state index contributed by atoms with van der Waals surface area (Å²) in [5.41, 5.74) is 1.06. The first kappa shape index (κ1) is 18.8. The molecule has 0 aliphatic carbocycles. The minimum absolute atomic E-state index is 0.0205. The van der Waals surface area contributed by atoms with Gasteiger partial charge in [-0.3, -0.25) is 19.7 Å². The molecule has 0 unspecified atom stereocenters. The summed E-state index contributed by atoms with van der Waals surface area (Å²) in [7, 11) is 1.33. The summed E-state index contributed by atoms with van der Waals surface area (Å²) in [6.45, 7) is 1.46. The van der Waals surface area contributed by atoms with Gasteiger partial charge in [-0.25, -0.2) is 0 Å². The van der Waals surface area contributed by atoms with Gasteiger partial charge in [-0.15, -0.1) is 11.3 Å². The summed E-state index contributed by atoms with van der Waals surface area (Å²) in [5.74, 6) is -0.398. The van der Waals surface area contributed by atoms with Gasteiger partial charge in [0.15, 0.2) is 5.75 Å². The quantitative estimate of drug-likeness (QED) is 0.604. The Kier molecular flexibility index (Phi) is 5.70. The lowest BCUT2D eigenvalue weighted by Crippen LogP contribution is -2.37. The highest BCUT2D eigenvalue weighted by atomic mass is 32.1. The van der Waals surface area contributed by atoms with Gasteiger partial charge in [0, 0.05) is 42.6 Å². The maximum atomic E-state index is 12.3. The van der Waals surface area contributed by atoms with Gasteiger partial charge in [0.25, 0.3) is 5.91 Å². The van der Waals surface area contributed by atoms with E-state index in [-0.39, 0.29) is 35.9 Å². The lowest BCUT2D eigenvalue weighted by atomic mass is 10.1. The molecule has 3 rings (SSSR count). The number of nitrogens with zero attached hydrogens (tertiary/aromatic N) is 2. The topological polar surface area (TPSA) is 102 Å². The largest absolute Gasteiger partial charge is 0.490 e. The van der Waals surface area contributed by atoms with Crippen molar-refractivity contribution in [2.75, 3.05) is 20.2 Å². The van der Waals surface area contributed by atoms with E-state index < -0.39 is 10.8 Å². The molecule has 142 valence electrons. The van der Waals surface area contributed by atoms with Crippen molar-refractivity contribution >= 4 is 28.8 Å². The molecule has 0 atom stereocenters. The third kappa shape index (κ3) is 4.25. The summed E-state index contributed by atoms with van der Waals surface area (Å²) in [6.07, 6.45) is 1.05. The lowest BCUT2D eigenvalue weighted by molar-refractivity contribution is -0.385. The third-order valence-electron chi connectivity index (χ3n) is 4.42. The Morgan fingerprint density at radius 2 is 2.19 bits per heavy atom. The minimum atomic E-state index is -0.603. The highest BCUT2D eigenvalue weighted by Crippen LogP contribution is 2.27. The highest BCUT2D eigenvalue weighted by Gasteiger charge is 2.22. The van der Waals surface area contributed by atoms with Crippen molar-refractivity contribution in [1.82, 2.24) is 10.2 Å². The molecule has 1 aromatic heterocycles. The van der Waals surface area contributed by atoms with Crippen LogP contribution in [0.15, 0.2) is 29.6 Å². The summed E-state index contributed by atoms with van der Waals surface area (Å²) in [4.78, 5) is 38.1. The Balaban J connectivity index is 1.53. The zero-order valence-corrected chi connectivity index (χ0v) is 15.6. The van der Waals surface area contributed by atoms with Crippen LogP contribution >= 0.6 is 11.3 Å². The fraction of sp³-hybridized carbons (Fsp3) is 0.333. The monoisotopic (exact) mass is 389 g/mol. The van der Waals surface area contributed by atoms with Crippen LogP contribution in [0.5, 0.6) is 5.75 Å². The smallest absolute Gasteiger partial charge is 0.311 e. The molecule has 0 saturated heterocycles. The lowest BCUT2D eigenvalue weighted by Gasteiger charge is -2.27. The van der Waals surface area contributed by atoms with Crippen molar-refractivity contribution in [2.24, 2.45) is 0 Å². The second kappa shape index (κ2) is 8.17. The number of nitrogens with one attached hydrogen (secondary N) is 1. The van der Waals surface area contributed by atoms with E-state index in [4.69, 9.17) is 4.74 Å². The number of nitro groups is 1. The van der Waals surface area contributed by atoms with Gasteiger partial charge in [-0.2, -0.15) is 0 Å². The number of methoxy groups -OCH3 is 1. The minimum Gasteiger partial charge on any atom is -0.490 e. The molecule has 9 heteroatoms. The number of hydrogen-bond donors (Lipinski definition) is 1. The van der Waals surface area contributed by atoms with Gasteiger partial charge in [0.1, 0.15) is 0 Å². The van der Waals surface area contributed by atoms with E-state index in [2.05, 4.69) is 5.32 Å². The van der Waals surface area contributed by atoms with Crippen molar-refractivity contribution < 1.29 is 19.2 Å². The van der Waals surface area contributed by atoms with E-state index in [1.165, 1.54) is 35.7 Å². The molecule has 2 heterocycles. The molecule has 0 saturated carbocycles. The molecule has 8 nitrogen and oxygen atoms in total. The van der Waals surface area contributed by atoms with Gasteiger partial charge < -0.3 is 15.0 Å². The molecule has 0 bridgehead atoms. The number of rotatable bonds is 6. The number of benzene rings is 1. The summed E-state index contributed by atoms with van der Waals surface area (Å²) >= 11 is 1.71. The number of hydrogen-bond acceptors (Lipinski definition) is 6. The molecule has 1 aliphatic heterocycles. The Morgan fingerprint density at radius 3 is 2.93 bits per heavy atom. The second-order valence-electron chi connectivity index (χ2n) is 6.08. The summed E-state index contributed by atoms with van der Waals surface area (Å²) < 4.78 is 4.92. The number of amides is 2. The predicted molar refractivity (Wildman–Crippen MR) is 100 cm³/mol. The van der Waals surface area contributed by atoms with E-state index in [1.54, 1.807) is 16.2 Å². The van der Waals surface area contributed by atoms with Gasteiger partial charge >= 0.3 is 5.69 Å². The fourth-order valence-electron chi connectivity index (χ4n) is 2.98. The number of nitro benzene ring substituents is 1. The standard InChI is InChI=1S/C18H19N3O5S/c1-26-15-3-2-12(10-14(15)21(24)25)18(23)19-7-4-17(22)20-8-5-16-13(11-20)6-9-27-16/h2-3,6,9-10H,4-5,7-8,11H2,1H3,(H,19,23). The van der Waals surface area contributed by atoms with Crippen molar-refractivity contribution in [1.29, 1.82) is 0 Å². The van der Waals surface area contributed by atoms with Crippen LogP contribution in [0, 0.1) is 10.1 Å². The summed E-state index contributed by atoms with van der Waals surface area (Å²) in [5, 5.41) is 15.7. The summed E-state index contributed by atoms with van der Waals surface area (Å²) in [6, 6.07) is 6.03. The highest BCUT2D eigenvalue weighted by molar-refractivity contribution is 7.10. The Morgan fingerprint density at radius 1 is 1.37 bits per heavy atom. The van der Waals surface area contributed by atoms with Crippen LogP contribution in [0.1, 0.15) is 27.2 Å². The molecule has 0 radical (unpaired) electrons. The number of carbonyl (C=O) groups is 2. The van der Waals surface area contributed by atoms with E-state index in [9.17, 15) is 19.7 Å². The van der Waals surface area contributed by atoms with E-state index >= 15 is 0 Å². The van der Waals surface area contributed by atoms with E-state index in [1.807, 2.05) is 11.4 Å². The number of thiophene rings is 1. The van der Waals surface area contributed by atoms with Gasteiger partial charge in [0.05, 0.1) is 12.0 Å². The van der Waals surface area contributed by atoms with Crippen LogP contribution in [0.25, 0.3) is 0 Å². The Bertz CT molecular complexity index is 880. The van der Waals surface area contributed by atoms with Crippen LogP contribution in [-0.4, -0.2) is 41.8 Å². The number of fused-ring (bicyclic) bond motifs is 1. The molecule has 0 fully saturated rings. The predicted octanol–water partition coefficient (Wildman–Crippen LogP) is 2.37. The first-order chi connectivity index (χ1) is 13.0. The molecular formula is C18H19N3O5S. The second-order valence-corrected chi connectivity index (χ2v) is 7.08. The normalized spacial score (nSPS) is 13.0. The number of ether oxygens (including phenoxy) is 1. The Hall–Kier alpha value is -2.94. The molecule has 2 aromatic rings. The van der Waals surface area contributed by atoms with Crippen molar-refractivity contribution in [2.45, 2.75) is 19.4 Å². The molecule has 2 amide bonds. The van der Waals surface area contributed by atoms with Crippen LogP contribution in [-0.2, 0) is 17.8 Å². The SMILES string of the molecule is COc1ccc(C(=O)NCCC(=O)N2CCc3sccc3C2)cc1[N+](=O)[O-]. The van der Waals surface area contributed by atoms with Gasteiger partial charge in [0.2, 0.25) is 5.91 Å². The Labute approximate surface area is 159 Å². The molecule has 1 aromatic carbocycles. The van der Waals surface area contributed by atoms with Gasteiger partial charge in [-0.05, 0) is 35.6 Å². The maximum absolute atomic E-state index is 12.3.